The number of nitrogens with zero attached hydrogens (tertiary/aromatic N) is 2. The van der Waals surface area contributed by atoms with Gasteiger partial charge in [0.05, 0.1) is 12.0 Å². The Morgan fingerprint density at radius 2 is 2.12 bits per heavy atom. The third kappa shape index (κ3) is 3.71. The number of fused-ring (bicyclic) bond motifs is 1. The van der Waals surface area contributed by atoms with Crippen LogP contribution in [0.15, 0.2) is 35.7 Å². The van der Waals surface area contributed by atoms with Crippen molar-refractivity contribution in [1.29, 1.82) is 0 Å². The number of benzene rings is 1. The Morgan fingerprint density at radius 1 is 1.23 bits per heavy atom. The molecule has 1 aromatic carbocycles. The zero-order chi connectivity index (χ0) is 17.9. The number of piperazine rings is 1. The molecular formula is C20H24N2O3S. The molecular weight excluding hydrogens is 348 g/mol. The van der Waals surface area contributed by atoms with E-state index in [9.17, 15) is 4.79 Å². The molecule has 1 atom stereocenters. The van der Waals surface area contributed by atoms with Gasteiger partial charge in [0.25, 0.3) is 5.91 Å². The van der Waals surface area contributed by atoms with Crippen LogP contribution in [-0.2, 0) is 6.61 Å². The van der Waals surface area contributed by atoms with Gasteiger partial charge in [-0.05, 0) is 43.0 Å². The van der Waals surface area contributed by atoms with Crippen molar-refractivity contribution < 1.29 is 14.3 Å². The van der Waals surface area contributed by atoms with Gasteiger partial charge in [0, 0.05) is 37.3 Å². The lowest BCUT2D eigenvalue weighted by Gasteiger charge is -2.37. The second-order valence-corrected chi connectivity index (χ2v) is 7.78. The third-order valence-electron chi connectivity index (χ3n) is 5.19. The monoisotopic (exact) mass is 372 g/mol. The Labute approximate surface area is 158 Å². The van der Waals surface area contributed by atoms with E-state index >= 15 is 0 Å². The first-order valence-corrected chi connectivity index (χ1v) is 9.98. The Balaban J connectivity index is 1.35. The zero-order valence-electron chi connectivity index (χ0n) is 15.0. The molecule has 4 rings (SSSR count). The quantitative estimate of drug-likeness (QED) is 0.808. The molecule has 2 aliphatic rings. The molecule has 1 amide bonds. The summed E-state index contributed by atoms with van der Waals surface area (Å²) < 4.78 is 11.0. The Bertz CT molecular complexity index is 776. The van der Waals surface area contributed by atoms with Crippen molar-refractivity contribution in [1.82, 2.24) is 9.80 Å². The summed E-state index contributed by atoms with van der Waals surface area (Å²) in [4.78, 5) is 18.2. The minimum Gasteiger partial charge on any atom is -0.497 e. The van der Waals surface area contributed by atoms with E-state index in [-0.39, 0.29) is 5.91 Å². The van der Waals surface area contributed by atoms with Crippen LogP contribution in [0.2, 0.25) is 0 Å². The van der Waals surface area contributed by atoms with Gasteiger partial charge in [-0.3, -0.25) is 9.69 Å². The maximum Gasteiger partial charge on any atom is 0.264 e. The van der Waals surface area contributed by atoms with Gasteiger partial charge in [-0.15, -0.1) is 11.3 Å². The predicted molar refractivity (Wildman–Crippen MR) is 102 cm³/mol. The predicted octanol–water partition coefficient (Wildman–Crippen LogP) is 3.26. The first-order valence-electron chi connectivity index (χ1n) is 9.10. The van der Waals surface area contributed by atoms with Gasteiger partial charge < -0.3 is 14.4 Å². The Kier molecular flexibility index (Phi) is 5.13. The van der Waals surface area contributed by atoms with Crippen LogP contribution in [0.5, 0.6) is 11.5 Å². The summed E-state index contributed by atoms with van der Waals surface area (Å²) in [5, 5.41) is 2.01. The minimum absolute atomic E-state index is 0.161. The van der Waals surface area contributed by atoms with Crippen LogP contribution in [-0.4, -0.2) is 55.0 Å². The molecule has 0 spiro atoms. The number of ether oxygens (including phenoxy) is 2. The average molecular weight is 372 g/mol. The Hall–Kier alpha value is -2.05. The summed E-state index contributed by atoms with van der Waals surface area (Å²) in [5.41, 5.74) is 1.03. The highest BCUT2D eigenvalue weighted by Gasteiger charge is 2.33. The third-order valence-corrected chi connectivity index (χ3v) is 6.15. The standard InChI is InChI=1S/C20H24N2O3S/c1-24-17-5-2-6-18(11-17)25-13-15-10-19(26-14-15)20(23)22-9-8-21-7-3-4-16(21)12-22/h2,5-6,10-11,14,16H,3-4,7-9,12-13H2,1H3. The maximum absolute atomic E-state index is 12.8. The zero-order valence-corrected chi connectivity index (χ0v) is 15.8. The fraction of sp³-hybridized carbons (Fsp3) is 0.450. The molecule has 0 saturated carbocycles. The second kappa shape index (κ2) is 7.68. The number of hydrogen-bond acceptors (Lipinski definition) is 5. The summed E-state index contributed by atoms with van der Waals surface area (Å²) in [6.07, 6.45) is 2.48. The summed E-state index contributed by atoms with van der Waals surface area (Å²) in [6, 6.07) is 10.1. The number of carbonyl (C=O) groups excluding carboxylic acids is 1. The highest BCUT2D eigenvalue weighted by Crippen LogP contribution is 2.25. The molecule has 5 nitrogen and oxygen atoms in total. The lowest BCUT2D eigenvalue weighted by atomic mass is 10.1. The molecule has 2 aromatic rings. The molecule has 2 fully saturated rings. The highest BCUT2D eigenvalue weighted by molar-refractivity contribution is 7.12. The normalized spacial score (nSPS) is 20.0. The first kappa shape index (κ1) is 17.4. The maximum atomic E-state index is 12.8. The molecule has 0 aliphatic carbocycles. The number of thiophene rings is 1. The van der Waals surface area contributed by atoms with Gasteiger partial charge >= 0.3 is 0 Å². The largest absolute Gasteiger partial charge is 0.497 e. The van der Waals surface area contributed by atoms with Crippen LogP contribution in [0.25, 0.3) is 0 Å². The molecule has 1 aromatic heterocycles. The molecule has 6 heteroatoms. The van der Waals surface area contributed by atoms with Gasteiger partial charge in [0.1, 0.15) is 18.1 Å². The summed E-state index contributed by atoms with van der Waals surface area (Å²) in [7, 11) is 1.64. The van der Waals surface area contributed by atoms with Gasteiger partial charge in [0.2, 0.25) is 0 Å². The van der Waals surface area contributed by atoms with Gasteiger partial charge in [0.15, 0.2) is 0 Å². The molecule has 26 heavy (non-hydrogen) atoms. The van der Waals surface area contributed by atoms with E-state index in [0.717, 1.165) is 41.6 Å². The van der Waals surface area contributed by atoms with E-state index in [4.69, 9.17) is 9.47 Å². The molecule has 1 unspecified atom stereocenters. The van der Waals surface area contributed by atoms with E-state index in [1.54, 1.807) is 7.11 Å². The lowest BCUT2D eigenvalue weighted by molar-refractivity contribution is 0.0576. The van der Waals surface area contributed by atoms with E-state index in [0.29, 0.717) is 12.6 Å². The van der Waals surface area contributed by atoms with Gasteiger partial charge in [-0.1, -0.05) is 6.07 Å². The number of methoxy groups -OCH3 is 1. The van der Waals surface area contributed by atoms with Crippen molar-refractivity contribution >= 4 is 17.2 Å². The molecule has 2 saturated heterocycles. The number of carbonyl (C=O) groups is 1. The van der Waals surface area contributed by atoms with Crippen LogP contribution in [0.3, 0.4) is 0 Å². The smallest absolute Gasteiger partial charge is 0.264 e. The second-order valence-electron chi connectivity index (χ2n) is 6.87. The van der Waals surface area contributed by atoms with E-state index in [1.807, 2.05) is 40.6 Å². The van der Waals surface area contributed by atoms with Crippen molar-refractivity contribution in [2.24, 2.45) is 0 Å². The number of rotatable bonds is 5. The van der Waals surface area contributed by atoms with Crippen molar-refractivity contribution in [2.45, 2.75) is 25.5 Å². The minimum atomic E-state index is 0.161. The van der Waals surface area contributed by atoms with Crippen LogP contribution in [0.1, 0.15) is 28.1 Å². The molecule has 0 bridgehead atoms. The molecule has 2 aliphatic heterocycles. The fourth-order valence-corrected chi connectivity index (χ4v) is 4.62. The van der Waals surface area contributed by atoms with E-state index in [1.165, 1.54) is 30.7 Å². The average Bonchev–Trinajstić information content (AvgIpc) is 3.34. The van der Waals surface area contributed by atoms with Crippen LogP contribution in [0, 0.1) is 0 Å². The Morgan fingerprint density at radius 3 is 3.00 bits per heavy atom. The van der Waals surface area contributed by atoms with Crippen LogP contribution < -0.4 is 9.47 Å². The summed E-state index contributed by atoms with van der Waals surface area (Å²) in [6.45, 7) is 4.35. The SMILES string of the molecule is COc1cccc(OCc2csc(C(=O)N3CCN4CCCC4C3)c2)c1. The lowest BCUT2D eigenvalue weighted by Crippen LogP contribution is -2.51. The van der Waals surface area contributed by atoms with Crippen LogP contribution >= 0.6 is 11.3 Å². The van der Waals surface area contributed by atoms with Crippen molar-refractivity contribution in [3.8, 4) is 11.5 Å². The van der Waals surface area contributed by atoms with Crippen molar-refractivity contribution in [3.63, 3.8) is 0 Å². The van der Waals surface area contributed by atoms with E-state index in [2.05, 4.69) is 4.90 Å². The van der Waals surface area contributed by atoms with Crippen LogP contribution in [0.4, 0.5) is 0 Å². The fourth-order valence-electron chi connectivity index (χ4n) is 3.75. The number of hydrogen-bond donors (Lipinski definition) is 0. The van der Waals surface area contributed by atoms with Crippen molar-refractivity contribution in [3.05, 3.63) is 46.2 Å². The summed E-state index contributed by atoms with van der Waals surface area (Å²) >= 11 is 1.51. The molecule has 0 N–H and O–H groups in total. The highest BCUT2D eigenvalue weighted by atomic mass is 32.1. The molecule has 3 heterocycles. The molecule has 0 radical (unpaired) electrons. The topological polar surface area (TPSA) is 42.0 Å². The number of amides is 1. The van der Waals surface area contributed by atoms with E-state index < -0.39 is 0 Å². The first-order chi connectivity index (χ1) is 12.7. The van der Waals surface area contributed by atoms with Gasteiger partial charge in [-0.25, -0.2) is 0 Å². The van der Waals surface area contributed by atoms with Crippen molar-refractivity contribution in [2.75, 3.05) is 33.3 Å². The molecule has 138 valence electrons. The van der Waals surface area contributed by atoms with Gasteiger partial charge in [-0.2, -0.15) is 0 Å². The summed E-state index contributed by atoms with van der Waals surface area (Å²) in [5.74, 6) is 1.70.